The van der Waals surface area contributed by atoms with Gasteiger partial charge in [-0.1, -0.05) is 29.8 Å². The van der Waals surface area contributed by atoms with Gasteiger partial charge in [0, 0.05) is 0 Å². The lowest BCUT2D eigenvalue weighted by molar-refractivity contribution is -0.145. The molecule has 0 aliphatic rings. The van der Waals surface area contributed by atoms with Crippen molar-refractivity contribution in [2.45, 2.75) is 20.3 Å². The molecular formula is C20H22N2O4. The molecule has 0 spiro atoms. The second kappa shape index (κ2) is 9.98. The summed E-state index contributed by atoms with van der Waals surface area (Å²) in [7, 11) is 0. The van der Waals surface area contributed by atoms with Gasteiger partial charge in [-0.05, 0) is 49.2 Å². The fourth-order valence-electron chi connectivity index (χ4n) is 2.10. The van der Waals surface area contributed by atoms with Crippen molar-refractivity contribution in [3.63, 3.8) is 0 Å². The number of hydrogen-bond donors (Lipinski definition) is 1. The van der Waals surface area contributed by atoms with Crippen LogP contribution in [0, 0.1) is 6.92 Å². The molecule has 0 heterocycles. The molecule has 0 atom stereocenters. The zero-order chi connectivity index (χ0) is 18.8. The molecule has 2 aromatic rings. The summed E-state index contributed by atoms with van der Waals surface area (Å²) in [5, 5.41) is 3.94. The first-order chi connectivity index (χ1) is 12.6. The maximum atomic E-state index is 11.9. The lowest BCUT2D eigenvalue weighted by Crippen LogP contribution is -2.19. The quantitative estimate of drug-likeness (QED) is 0.449. The van der Waals surface area contributed by atoms with Crippen molar-refractivity contribution in [1.82, 2.24) is 5.43 Å². The van der Waals surface area contributed by atoms with Crippen molar-refractivity contribution in [3.8, 4) is 5.75 Å². The van der Waals surface area contributed by atoms with E-state index < -0.39 is 5.97 Å². The van der Waals surface area contributed by atoms with Crippen LogP contribution in [0.1, 0.15) is 23.6 Å². The van der Waals surface area contributed by atoms with Crippen LogP contribution >= 0.6 is 0 Å². The molecule has 0 aliphatic heterocycles. The minimum absolute atomic E-state index is 0.129. The van der Waals surface area contributed by atoms with Crippen molar-refractivity contribution in [2.24, 2.45) is 5.10 Å². The highest BCUT2D eigenvalue weighted by Gasteiger charge is 2.03. The van der Waals surface area contributed by atoms with Crippen LogP contribution in [0.15, 0.2) is 53.6 Å². The molecule has 0 aromatic heterocycles. The van der Waals surface area contributed by atoms with E-state index in [-0.39, 0.29) is 18.9 Å². The summed E-state index contributed by atoms with van der Waals surface area (Å²) in [5.74, 6) is -0.0347. The second-order valence-electron chi connectivity index (χ2n) is 5.62. The number of aryl methyl sites for hydroxylation is 1. The summed E-state index contributed by atoms with van der Waals surface area (Å²) in [5.41, 5.74) is 5.39. The van der Waals surface area contributed by atoms with Gasteiger partial charge in [0.05, 0.1) is 19.2 Å². The highest BCUT2D eigenvalue weighted by Crippen LogP contribution is 2.11. The third kappa shape index (κ3) is 6.76. The van der Waals surface area contributed by atoms with Gasteiger partial charge in [-0.15, -0.1) is 0 Å². The molecule has 0 fully saturated rings. The third-order valence-corrected chi connectivity index (χ3v) is 3.43. The van der Waals surface area contributed by atoms with Crippen LogP contribution in [0.2, 0.25) is 0 Å². The number of esters is 1. The van der Waals surface area contributed by atoms with Crippen LogP contribution in [0.4, 0.5) is 0 Å². The first-order valence-corrected chi connectivity index (χ1v) is 8.32. The summed E-state index contributed by atoms with van der Waals surface area (Å²) < 4.78 is 10.1. The van der Waals surface area contributed by atoms with E-state index in [1.807, 2.05) is 31.2 Å². The van der Waals surface area contributed by atoms with Crippen LogP contribution in [0.25, 0.3) is 0 Å². The summed E-state index contributed by atoms with van der Waals surface area (Å²) in [6.07, 6.45) is 1.82. The summed E-state index contributed by atoms with van der Waals surface area (Å²) >= 11 is 0. The van der Waals surface area contributed by atoms with Gasteiger partial charge in [0.15, 0.2) is 6.61 Å². The smallest absolute Gasteiger partial charge is 0.344 e. The number of benzene rings is 2. The molecule has 26 heavy (non-hydrogen) atoms. The van der Waals surface area contributed by atoms with Gasteiger partial charge >= 0.3 is 5.97 Å². The highest BCUT2D eigenvalue weighted by atomic mass is 16.6. The molecule has 136 valence electrons. The van der Waals surface area contributed by atoms with Gasteiger partial charge in [-0.3, -0.25) is 4.79 Å². The monoisotopic (exact) mass is 354 g/mol. The topological polar surface area (TPSA) is 77.0 Å². The number of hydrogen-bond acceptors (Lipinski definition) is 5. The van der Waals surface area contributed by atoms with Gasteiger partial charge in [0.2, 0.25) is 5.91 Å². The average molecular weight is 354 g/mol. The molecule has 0 radical (unpaired) electrons. The van der Waals surface area contributed by atoms with E-state index in [9.17, 15) is 9.59 Å². The number of hydrazone groups is 1. The largest absolute Gasteiger partial charge is 0.482 e. The first kappa shape index (κ1) is 19.2. The Bertz CT molecular complexity index is 752. The number of carbonyl (C=O) groups is 2. The Kier molecular flexibility index (Phi) is 7.36. The third-order valence-electron chi connectivity index (χ3n) is 3.43. The highest BCUT2D eigenvalue weighted by molar-refractivity contribution is 5.83. The van der Waals surface area contributed by atoms with Crippen molar-refractivity contribution in [1.29, 1.82) is 0 Å². The molecule has 0 saturated carbocycles. The van der Waals surface area contributed by atoms with Crippen molar-refractivity contribution in [3.05, 3.63) is 65.2 Å². The normalized spacial score (nSPS) is 10.5. The van der Waals surface area contributed by atoms with Gasteiger partial charge in [-0.25, -0.2) is 10.2 Å². The number of nitrogens with zero attached hydrogens (tertiary/aromatic N) is 1. The molecule has 1 N–H and O–H groups in total. The molecule has 6 nitrogen and oxygen atoms in total. The maximum Gasteiger partial charge on any atom is 0.344 e. The van der Waals surface area contributed by atoms with E-state index in [0.29, 0.717) is 12.4 Å². The second-order valence-corrected chi connectivity index (χ2v) is 5.62. The Labute approximate surface area is 152 Å². The number of ether oxygens (including phenoxy) is 2. The van der Waals surface area contributed by atoms with Crippen LogP contribution in [0.5, 0.6) is 5.75 Å². The zero-order valence-electron chi connectivity index (χ0n) is 14.9. The standard InChI is InChI=1S/C20H22N2O4/c1-3-25-20(24)14-26-18-10-8-17(9-11-18)13-21-22-19(23)12-16-6-4-15(2)5-7-16/h4-11,13H,3,12,14H2,1-2H3,(H,22,23)/b21-13+. The molecule has 0 bridgehead atoms. The van der Waals surface area contributed by atoms with E-state index in [1.54, 1.807) is 37.4 Å². The SMILES string of the molecule is CCOC(=O)COc1ccc(/C=N/NC(=O)Cc2ccc(C)cc2)cc1. The minimum Gasteiger partial charge on any atom is -0.482 e. The lowest BCUT2D eigenvalue weighted by Gasteiger charge is -2.05. The van der Waals surface area contributed by atoms with E-state index in [2.05, 4.69) is 10.5 Å². The van der Waals surface area contributed by atoms with Crippen LogP contribution in [0.3, 0.4) is 0 Å². The molecule has 0 unspecified atom stereocenters. The van der Waals surface area contributed by atoms with E-state index in [0.717, 1.165) is 16.7 Å². The summed E-state index contributed by atoms with van der Waals surface area (Å²) in [4.78, 5) is 23.1. The van der Waals surface area contributed by atoms with Crippen molar-refractivity contribution in [2.75, 3.05) is 13.2 Å². The number of rotatable bonds is 8. The number of amides is 1. The van der Waals surface area contributed by atoms with Crippen molar-refractivity contribution >= 4 is 18.1 Å². The Hall–Kier alpha value is -3.15. The molecule has 0 saturated heterocycles. The molecule has 2 rings (SSSR count). The predicted molar refractivity (Wildman–Crippen MR) is 99.2 cm³/mol. The van der Waals surface area contributed by atoms with Gasteiger partial charge in [0.25, 0.3) is 0 Å². The van der Waals surface area contributed by atoms with E-state index >= 15 is 0 Å². The number of carbonyl (C=O) groups excluding carboxylic acids is 2. The lowest BCUT2D eigenvalue weighted by atomic mass is 10.1. The summed E-state index contributed by atoms with van der Waals surface area (Å²) in [6.45, 7) is 3.94. The average Bonchev–Trinajstić information content (AvgIpc) is 2.63. The molecule has 1 amide bonds. The Morgan fingerprint density at radius 3 is 2.42 bits per heavy atom. The van der Waals surface area contributed by atoms with Crippen LogP contribution in [-0.4, -0.2) is 31.3 Å². The molecule has 0 aliphatic carbocycles. The first-order valence-electron chi connectivity index (χ1n) is 8.32. The Morgan fingerprint density at radius 2 is 1.77 bits per heavy atom. The van der Waals surface area contributed by atoms with Gasteiger partial charge < -0.3 is 9.47 Å². The fourth-order valence-corrected chi connectivity index (χ4v) is 2.10. The van der Waals surface area contributed by atoms with Crippen molar-refractivity contribution < 1.29 is 19.1 Å². The molecular weight excluding hydrogens is 332 g/mol. The van der Waals surface area contributed by atoms with Crippen LogP contribution < -0.4 is 10.2 Å². The maximum absolute atomic E-state index is 11.9. The number of nitrogens with one attached hydrogen (secondary N) is 1. The zero-order valence-corrected chi connectivity index (χ0v) is 14.9. The molecule has 2 aromatic carbocycles. The summed E-state index contributed by atoms with van der Waals surface area (Å²) in [6, 6.07) is 14.8. The Morgan fingerprint density at radius 1 is 1.08 bits per heavy atom. The van der Waals surface area contributed by atoms with E-state index in [4.69, 9.17) is 9.47 Å². The molecule has 6 heteroatoms. The van der Waals surface area contributed by atoms with Gasteiger partial charge in [0.1, 0.15) is 5.75 Å². The Balaban J connectivity index is 1.78. The fraction of sp³-hybridized carbons (Fsp3) is 0.250. The minimum atomic E-state index is -0.408. The van der Waals surface area contributed by atoms with Gasteiger partial charge in [-0.2, -0.15) is 5.10 Å². The predicted octanol–water partition coefficient (Wildman–Crippen LogP) is 2.63. The van der Waals surface area contributed by atoms with E-state index in [1.165, 1.54) is 0 Å². The van der Waals surface area contributed by atoms with Crippen LogP contribution in [-0.2, 0) is 20.7 Å².